The molecule has 8 heteroatoms. The molecule has 4 aromatic rings. The molecule has 0 saturated heterocycles. The zero-order chi connectivity index (χ0) is 21.3. The fraction of sp³-hybridized carbons (Fsp3) is 0.273. The van der Waals surface area contributed by atoms with Gasteiger partial charge in [0.15, 0.2) is 0 Å². The van der Waals surface area contributed by atoms with Gasteiger partial charge in [0, 0.05) is 18.2 Å². The Balaban J connectivity index is 1.61. The maximum absolute atomic E-state index is 12.6. The van der Waals surface area contributed by atoms with Gasteiger partial charge in [-0.25, -0.2) is 4.68 Å². The van der Waals surface area contributed by atoms with Crippen LogP contribution in [0.4, 0.5) is 0 Å². The van der Waals surface area contributed by atoms with Crippen LogP contribution < -0.4 is 5.32 Å². The summed E-state index contributed by atoms with van der Waals surface area (Å²) in [5.41, 5.74) is 2.89. The standard InChI is InChI=1S/C22H23N5O3/c1-13(2)20-11-19(22-25-24-15(4)30-22)26-27(20)17-7-5-6-16(10-17)21(28)23-12-18-9-8-14(3)29-18/h5-11,13H,12H2,1-4H3,(H,23,28). The van der Waals surface area contributed by atoms with Crippen molar-refractivity contribution in [1.29, 1.82) is 0 Å². The molecular formula is C22H23N5O3. The summed E-state index contributed by atoms with van der Waals surface area (Å²) < 4.78 is 12.8. The maximum atomic E-state index is 12.6. The summed E-state index contributed by atoms with van der Waals surface area (Å²) >= 11 is 0. The van der Waals surface area contributed by atoms with Gasteiger partial charge in [0.1, 0.15) is 17.2 Å². The first-order valence-electron chi connectivity index (χ1n) is 9.75. The van der Waals surface area contributed by atoms with E-state index in [0.29, 0.717) is 35.3 Å². The van der Waals surface area contributed by atoms with Crippen molar-refractivity contribution in [2.45, 2.75) is 40.2 Å². The van der Waals surface area contributed by atoms with Crippen molar-refractivity contribution < 1.29 is 13.6 Å². The van der Waals surface area contributed by atoms with Crippen molar-refractivity contribution in [3.63, 3.8) is 0 Å². The summed E-state index contributed by atoms with van der Waals surface area (Å²) in [4.78, 5) is 12.6. The Hall–Kier alpha value is -3.68. The minimum absolute atomic E-state index is 0.183. The Morgan fingerprint density at radius 1 is 1.10 bits per heavy atom. The van der Waals surface area contributed by atoms with Crippen molar-refractivity contribution in [3.8, 4) is 17.3 Å². The summed E-state index contributed by atoms with van der Waals surface area (Å²) in [6.45, 7) is 8.10. The Morgan fingerprint density at radius 2 is 1.93 bits per heavy atom. The monoisotopic (exact) mass is 405 g/mol. The van der Waals surface area contributed by atoms with Crippen LogP contribution in [0.5, 0.6) is 0 Å². The highest BCUT2D eigenvalue weighted by Crippen LogP contribution is 2.26. The normalized spacial score (nSPS) is 11.2. The molecule has 0 aliphatic rings. The minimum Gasteiger partial charge on any atom is -0.465 e. The molecule has 0 aliphatic heterocycles. The van der Waals surface area contributed by atoms with Crippen molar-refractivity contribution in [3.05, 3.63) is 71.1 Å². The Kier molecular flexibility index (Phi) is 5.22. The lowest BCUT2D eigenvalue weighted by Gasteiger charge is -2.11. The fourth-order valence-electron chi connectivity index (χ4n) is 3.15. The molecule has 4 rings (SSSR count). The minimum atomic E-state index is -0.183. The first-order chi connectivity index (χ1) is 14.4. The van der Waals surface area contributed by atoms with Gasteiger partial charge in [-0.05, 0) is 49.2 Å². The second-order valence-electron chi connectivity index (χ2n) is 7.39. The van der Waals surface area contributed by atoms with Crippen LogP contribution in [-0.4, -0.2) is 25.9 Å². The molecule has 1 amide bonds. The summed E-state index contributed by atoms with van der Waals surface area (Å²) in [7, 11) is 0. The molecule has 3 aromatic heterocycles. The number of rotatable bonds is 6. The molecule has 0 radical (unpaired) electrons. The number of carbonyl (C=O) groups is 1. The summed E-state index contributed by atoms with van der Waals surface area (Å²) in [6, 6.07) is 13.0. The number of benzene rings is 1. The molecule has 0 aliphatic carbocycles. The van der Waals surface area contributed by atoms with E-state index in [-0.39, 0.29) is 11.8 Å². The van der Waals surface area contributed by atoms with E-state index < -0.39 is 0 Å². The quantitative estimate of drug-likeness (QED) is 0.516. The zero-order valence-corrected chi connectivity index (χ0v) is 17.3. The van der Waals surface area contributed by atoms with E-state index in [1.807, 2.05) is 48.0 Å². The van der Waals surface area contributed by atoms with E-state index in [1.165, 1.54) is 0 Å². The van der Waals surface area contributed by atoms with Gasteiger partial charge >= 0.3 is 0 Å². The van der Waals surface area contributed by atoms with Gasteiger partial charge < -0.3 is 14.2 Å². The molecule has 8 nitrogen and oxygen atoms in total. The first kappa shape index (κ1) is 19.6. The highest BCUT2D eigenvalue weighted by molar-refractivity contribution is 5.94. The van der Waals surface area contributed by atoms with Crippen LogP contribution in [0.25, 0.3) is 17.3 Å². The van der Waals surface area contributed by atoms with E-state index in [9.17, 15) is 4.79 Å². The van der Waals surface area contributed by atoms with Crippen LogP contribution in [0.3, 0.4) is 0 Å². The number of aryl methyl sites for hydroxylation is 2. The number of nitrogens with one attached hydrogen (secondary N) is 1. The van der Waals surface area contributed by atoms with Crippen LogP contribution in [0, 0.1) is 13.8 Å². The molecule has 0 saturated carbocycles. The van der Waals surface area contributed by atoms with Gasteiger partial charge in [-0.15, -0.1) is 10.2 Å². The van der Waals surface area contributed by atoms with E-state index in [2.05, 4.69) is 34.5 Å². The van der Waals surface area contributed by atoms with Crippen molar-refractivity contribution >= 4 is 5.91 Å². The molecule has 0 atom stereocenters. The largest absolute Gasteiger partial charge is 0.465 e. The zero-order valence-electron chi connectivity index (χ0n) is 17.3. The van der Waals surface area contributed by atoms with Crippen LogP contribution in [0.1, 0.15) is 53.2 Å². The second kappa shape index (κ2) is 7.98. The van der Waals surface area contributed by atoms with E-state index in [4.69, 9.17) is 8.83 Å². The molecule has 154 valence electrons. The van der Waals surface area contributed by atoms with Crippen LogP contribution in [0.2, 0.25) is 0 Å². The van der Waals surface area contributed by atoms with Crippen molar-refractivity contribution in [2.24, 2.45) is 0 Å². The molecule has 0 fully saturated rings. The Morgan fingerprint density at radius 3 is 2.60 bits per heavy atom. The number of aromatic nitrogens is 4. The van der Waals surface area contributed by atoms with Crippen molar-refractivity contribution in [2.75, 3.05) is 0 Å². The lowest BCUT2D eigenvalue weighted by atomic mass is 10.1. The van der Waals surface area contributed by atoms with Crippen LogP contribution in [0.15, 0.2) is 51.3 Å². The number of amides is 1. The molecule has 1 aromatic carbocycles. The lowest BCUT2D eigenvalue weighted by molar-refractivity contribution is 0.0948. The van der Waals surface area contributed by atoms with Gasteiger partial charge in [0.05, 0.1) is 12.2 Å². The summed E-state index contributed by atoms with van der Waals surface area (Å²) in [5.74, 6) is 2.40. The molecule has 0 bridgehead atoms. The number of carbonyl (C=O) groups excluding carboxylic acids is 1. The summed E-state index contributed by atoms with van der Waals surface area (Å²) in [5, 5.41) is 15.5. The first-order valence-corrected chi connectivity index (χ1v) is 9.75. The van der Waals surface area contributed by atoms with E-state index >= 15 is 0 Å². The molecule has 0 unspecified atom stereocenters. The highest BCUT2D eigenvalue weighted by Gasteiger charge is 2.18. The Labute approximate surface area is 173 Å². The van der Waals surface area contributed by atoms with Gasteiger partial charge in [-0.2, -0.15) is 5.10 Å². The fourth-order valence-corrected chi connectivity index (χ4v) is 3.15. The Bertz CT molecular complexity index is 1190. The predicted molar refractivity (Wildman–Crippen MR) is 110 cm³/mol. The average molecular weight is 405 g/mol. The maximum Gasteiger partial charge on any atom is 0.268 e. The third kappa shape index (κ3) is 4.03. The van der Waals surface area contributed by atoms with Gasteiger partial charge in [-0.1, -0.05) is 19.9 Å². The van der Waals surface area contributed by atoms with Gasteiger partial charge in [0.25, 0.3) is 11.8 Å². The van der Waals surface area contributed by atoms with Gasteiger partial charge in [-0.3, -0.25) is 4.79 Å². The number of hydrogen-bond acceptors (Lipinski definition) is 6. The smallest absolute Gasteiger partial charge is 0.268 e. The van der Waals surface area contributed by atoms with E-state index in [0.717, 1.165) is 17.1 Å². The highest BCUT2D eigenvalue weighted by atomic mass is 16.4. The van der Waals surface area contributed by atoms with Crippen molar-refractivity contribution in [1.82, 2.24) is 25.3 Å². The summed E-state index contributed by atoms with van der Waals surface area (Å²) in [6.07, 6.45) is 0. The lowest BCUT2D eigenvalue weighted by Crippen LogP contribution is -2.22. The second-order valence-corrected chi connectivity index (χ2v) is 7.39. The third-order valence-electron chi connectivity index (χ3n) is 4.65. The number of nitrogens with zero attached hydrogens (tertiary/aromatic N) is 4. The molecule has 3 heterocycles. The number of hydrogen-bond donors (Lipinski definition) is 1. The SMILES string of the molecule is Cc1ccc(CNC(=O)c2cccc(-n3nc(-c4nnc(C)o4)cc3C(C)C)c2)o1. The van der Waals surface area contributed by atoms with Crippen LogP contribution in [-0.2, 0) is 6.54 Å². The third-order valence-corrected chi connectivity index (χ3v) is 4.65. The molecular weight excluding hydrogens is 382 g/mol. The molecule has 1 N–H and O–H groups in total. The molecule has 30 heavy (non-hydrogen) atoms. The van der Waals surface area contributed by atoms with Crippen LogP contribution >= 0.6 is 0 Å². The van der Waals surface area contributed by atoms with Gasteiger partial charge in [0.2, 0.25) is 5.89 Å². The predicted octanol–water partition coefficient (Wildman–Crippen LogP) is 4.19. The number of furan rings is 1. The average Bonchev–Trinajstić information content (AvgIpc) is 3.45. The molecule has 0 spiro atoms. The van der Waals surface area contributed by atoms with E-state index in [1.54, 1.807) is 13.0 Å². The topological polar surface area (TPSA) is 99.0 Å².